The van der Waals surface area contributed by atoms with E-state index in [-0.39, 0.29) is 6.04 Å². The Balaban J connectivity index is 0.000000130. The first-order valence-corrected chi connectivity index (χ1v) is 49.6. The molecule has 0 saturated carbocycles. The van der Waals surface area contributed by atoms with Crippen LogP contribution in [0, 0.1) is 56.1 Å². The van der Waals surface area contributed by atoms with Gasteiger partial charge in [0.15, 0.2) is 0 Å². The van der Waals surface area contributed by atoms with Crippen LogP contribution in [0.3, 0.4) is 0 Å². The van der Waals surface area contributed by atoms with Crippen molar-refractivity contribution in [2.75, 3.05) is 67.5 Å². The van der Waals surface area contributed by atoms with E-state index in [9.17, 15) is 33.5 Å². The van der Waals surface area contributed by atoms with E-state index in [1.807, 2.05) is 73.3 Å². The molecule has 8 aromatic carbocycles. The highest BCUT2D eigenvalue weighted by Gasteiger charge is 2.38. The molecular weight excluding hydrogens is 1610 g/mol. The number of rotatable bonds is 20. The molecule has 4 aliphatic heterocycles. The molecule has 10 atom stereocenters. The lowest BCUT2D eigenvalue weighted by Gasteiger charge is -2.41. The molecule has 6 aliphatic rings. The number of ether oxygens (including phenoxy) is 4. The normalized spacial score (nSPS) is 21.6. The van der Waals surface area contributed by atoms with Crippen LogP contribution in [0.25, 0.3) is 43.6 Å². The average Bonchev–Trinajstić information content (AvgIpc) is 1.52. The van der Waals surface area contributed by atoms with Crippen LogP contribution in [0.4, 0.5) is 0 Å². The molecular formula is C104H130N9O11PS. The summed E-state index contributed by atoms with van der Waals surface area (Å²) in [6.45, 7) is 26.5. The van der Waals surface area contributed by atoms with Crippen molar-refractivity contribution < 1.29 is 52.4 Å². The lowest BCUT2D eigenvalue weighted by molar-refractivity contribution is 0.0684. The maximum Gasteiger partial charge on any atom is 0.335 e. The predicted molar refractivity (Wildman–Crippen MR) is 508 cm³/mol. The number of aromatic amines is 4. The van der Waals surface area contributed by atoms with Gasteiger partial charge in [0, 0.05) is 164 Å². The number of hydrogen-bond acceptors (Lipinski definition) is 13. The first-order valence-electron chi connectivity index (χ1n) is 45.5. The van der Waals surface area contributed by atoms with Gasteiger partial charge in [0.05, 0.1) is 49.3 Å². The summed E-state index contributed by atoms with van der Waals surface area (Å²) in [5, 5.41) is 24.9. The molecule has 8 N–H and O–H groups in total. The number of benzene rings is 8. The summed E-state index contributed by atoms with van der Waals surface area (Å²) in [6.07, 6.45) is 26.7. The molecule has 18 rings (SSSR count). The first-order chi connectivity index (χ1) is 60.5. The van der Waals surface area contributed by atoms with Gasteiger partial charge in [0.25, 0.3) is 0 Å². The summed E-state index contributed by atoms with van der Waals surface area (Å²) in [6, 6.07) is 41.7. The van der Waals surface area contributed by atoms with Gasteiger partial charge in [-0.15, -0.1) is 0 Å². The van der Waals surface area contributed by atoms with Crippen molar-refractivity contribution >= 4 is 78.0 Å². The van der Waals surface area contributed by atoms with E-state index in [0.29, 0.717) is 63.1 Å². The summed E-state index contributed by atoms with van der Waals surface area (Å²) >= 11 is 0. The molecule has 3 unspecified atom stereocenters. The number of likely N-dealkylation sites (tertiary alicyclic amines) is 4. The highest BCUT2D eigenvalue weighted by Crippen LogP contribution is 2.48. The number of carbonyl (C=O) groups is 2. The minimum atomic E-state index is -3.23. The molecule has 8 heterocycles. The number of methoxy groups -OCH3 is 4. The van der Waals surface area contributed by atoms with E-state index >= 15 is 0 Å². The second kappa shape index (κ2) is 38.9. The molecule has 0 bridgehead atoms. The van der Waals surface area contributed by atoms with Crippen molar-refractivity contribution in [2.24, 2.45) is 23.7 Å². The van der Waals surface area contributed by atoms with Crippen LogP contribution in [0.1, 0.15) is 239 Å². The maximum absolute atomic E-state index is 12.1. The number of carboxylic acids is 2. The number of H-pyrrole nitrogens is 4. The molecule has 20 nitrogen and oxygen atoms in total. The smallest absolute Gasteiger partial charge is 0.335 e. The Morgan fingerprint density at radius 1 is 0.429 bits per heavy atom. The van der Waals surface area contributed by atoms with Crippen LogP contribution in [-0.2, 0) is 66.2 Å². The molecule has 0 amide bonds. The summed E-state index contributed by atoms with van der Waals surface area (Å²) in [5.41, 5.74) is 25.2. The molecule has 668 valence electrons. The van der Waals surface area contributed by atoms with E-state index in [4.69, 9.17) is 23.7 Å². The van der Waals surface area contributed by atoms with Crippen LogP contribution in [0.15, 0.2) is 151 Å². The zero-order valence-electron chi connectivity index (χ0n) is 76.2. The summed E-state index contributed by atoms with van der Waals surface area (Å²) in [4.78, 5) is 58.0. The van der Waals surface area contributed by atoms with E-state index < -0.39 is 29.0 Å². The van der Waals surface area contributed by atoms with Gasteiger partial charge in [-0.05, 0) is 332 Å². The van der Waals surface area contributed by atoms with E-state index in [0.717, 1.165) is 164 Å². The Kier molecular flexibility index (Phi) is 28.1. The van der Waals surface area contributed by atoms with Gasteiger partial charge in [-0.1, -0.05) is 64.1 Å². The van der Waals surface area contributed by atoms with Gasteiger partial charge in [0.2, 0.25) is 7.37 Å². The largest absolute Gasteiger partial charge is 0.496 e. The fourth-order valence-corrected chi connectivity index (χ4v) is 22.9. The Bertz CT molecular complexity index is 5910. The third-order valence-corrected chi connectivity index (χ3v) is 30.9. The van der Waals surface area contributed by atoms with E-state index in [1.54, 1.807) is 28.4 Å². The summed E-state index contributed by atoms with van der Waals surface area (Å²) in [5.74, 6) is 4.76. The standard InChI is InChI=1S/2C28H34N2O3.C24H31N3O2S.C24H31N2O3P/c2*1-17-11-13-30(16-24-22-10-12-29-27(22)18(2)15-26(24)33-3)25(14-17)21-8-9-23(28(31)32)20-7-5-4-6-19(20)21;1-16-10-12-27(22(13-16)18-5-7-19(8-6-18)30(4,25)28)15-21-20-9-11-26-24(20)17(2)14-23(21)29-3;1-16-10-12-26(22(13-16)18-5-7-19(8-6-18)30(4,27)28)15-21-20-9-11-25-24(20)17(2)14-23(21)29-3/h2*8-10,12,15,17,25,29H,4-7,11,13-14,16H2,1-3H3,(H,31,32);5-9,11,14,16,22,25-26H,10,12-13,15H2,1-4H3;5-9,11,14,16,22,25H,10,12-13,15H2,1-4H3,(H,27,28)/t17-,25+;;16-,22+,30+;16-,22+/m1.11/s1. The number of piperidine rings is 4. The van der Waals surface area contributed by atoms with Crippen LogP contribution in [-0.4, -0.2) is 138 Å². The second-order valence-electron chi connectivity index (χ2n) is 37.3. The number of carboxylic acid groups (broad SMARTS) is 2. The Morgan fingerprint density at radius 2 is 0.706 bits per heavy atom. The lowest BCUT2D eigenvalue weighted by Crippen LogP contribution is -2.36. The average molecular weight is 1750 g/mol. The SMILES string of the molecule is COc1cc(C)c2[nH]ccc2c1CN1CCC(C)CC1c1ccc(C(=O)O)c2c1CCCC2.COc1cc(C)c2[nH]ccc2c1CN1CC[C@@H](C)C[C@H]1c1ccc(C(=O)O)c2c1CCCC2.COc1cc(C)c2[nH]ccc2c1CN1CC[C@@H](C)C[C@H]1c1ccc(P(C)(=O)O)cc1.COc1cc(C)c2[nH]ccc2c1CN1CC[C@@H](C)C[C@H]1c1ccc([S@@](C)(=N)=O)cc1. The summed E-state index contributed by atoms with van der Waals surface area (Å²) in [7, 11) is 1.08. The van der Waals surface area contributed by atoms with Crippen LogP contribution >= 0.6 is 7.37 Å². The van der Waals surface area contributed by atoms with Gasteiger partial charge in [-0.25, -0.2) is 18.6 Å². The van der Waals surface area contributed by atoms with E-state index in [2.05, 4.69) is 168 Å². The second-order valence-corrected chi connectivity index (χ2v) is 41.7. The number of hydrogen-bond donors (Lipinski definition) is 8. The molecule has 0 spiro atoms. The number of aromatic carboxylic acids is 2. The van der Waals surface area contributed by atoms with Gasteiger partial charge in [-0.2, -0.15) is 0 Å². The third-order valence-electron chi connectivity index (χ3n) is 28.5. The summed E-state index contributed by atoms with van der Waals surface area (Å²) < 4.78 is 55.1. The Morgan fingerprint density at radius 3 is 0.984 bits per heavy atom. The van der Waals surface area contributed by atoms with Crippen molar-refractivity contribution in [3.63, 3.8) is 0 Å². The van der Waals surface area contributed by atoms with Gasteiger partial charge >= 0.3 is 11.9 Å². The highest BCUT2D eigenvalue weighted by molar-refractivity contribution is 7.91. The first kappa shape index (κ1) is 90.8. The fraction of sp³-hybridized carbons (Fsp3) is 0.442. The number of nitrogens with one attached hydrogen (secondary N) is 5. The number of nitrogens with zero attached hydrogens (tertiary/aromatic N) is 4. The zero-order chi connectivity index (χ0) is 89.2. The Labute approximate surface area is 744 Å². The van der Waals surface area contributed by atoms with Crippen molar-refractivity contribution in [1.82, 2.24) is 39.5 Å². The molecule has 4 fully saturated rings. The van der Waals surface area contributed by atoms with Gasteiger partial charge < -0.3 is 54.0 Å². The molecule has 0 radical (unpaired) electrons. The fourth-order valence-electron chi connectivity index (χ4n) is 21.5. The number of aryl methyl sites for hydroxylation is 4. The molecule has 2 aliphatic carbocycles. The predicted octanol–water partition coefficient (Wildman–Crippen LogP) is 22.5. The van der Waals surface area contributed by atoms with Crippen LogP contribution < -0.4 is 24.3 Å². The van der Waals surface area contributed by atoms with Crippen LogP contribution in [0.2, 0.25) is 0 Å². The van der Waals surface area contributed by atoms with Crippen LogP contribution in [0.5, 0.6) is 23.0 Å². The minimum Gasteiger partial charge on any atom is -0.496 e. The monoisotopic (exact) mass is 1740 g/mol. The minimum absolute atomic E-state index is 0.276. The quantitative estimate of drug-likeness (QED) is 0.0330. The molecule has 4 aromatic heterocycles. The molecule has 12 aromatic rings. The molecule has 22 heteroatoms. The van der Waals surface area contributed by atoms with Crippen molar-refractivity contribution in [3.05, 3.63) is 246 Å². The third kappa shape index (κ3) is 19.4. The van der Waals surface area contributed by atoms with Gasteiger partial charge in [-0.3, -0.25) is 24.2 Å². The zero-order valence-corrected chi connectivity index (χ0v) is 77.9. The molecule has 126 heavy (non-hydrogen) atoms. The lowest BCUT2D eigenvalue weighted by atomic mass is 9.79. The topological polar surface area (TPSA) is 266 Å². The van der Waals surface area contributed by atoms with E-state index in [1.165, 1.54) is 160 Å². The van der Waals surface area contributed by atoms with Gasteiger partial charge in [0.1, 0.15) is 23.0 Å². The highest BCUT2D eigenvalue weighted by atomic mass is 32.2. The number of fused-ring (bicyclic) bond motifs is 6. The Hall–Kier alpha value is -9.96. The number of aromatic nitrogens is 4. The van der Waals surface area contributed by atoms with Crippen molar-refractivity contribution in [2.45, 2.75) is 213 Å². The molecule has 4 saturated heterocycles. The van der Waals surface area contributed by atoms with Crippen molar-refractivity contribution in [3.8, 4) is 23.0 Å². The van der Waals surface area contributed by atoms with Crippen molar-refractivity contribution in [1.29, 1.82) is 4.78 Å². The maximum atomic E-state index is 12.1.